The molecule has 0 atom stereocenters. The molecule has 0 saturated carbocycles. The number of rotatable bonds is 4. The lowest BCUT2D eigenvalue weighted by atomic mass is 10.1. The molecule has 0 aliphatic rings. The van der Waals surface area contributed by atoms with Crippen LogP contribution in [0.4, 0.5) is 5.69 Å². The zero-order valence-corrected chi connectivity index (χ0v) is 10.9. The van der Waals surface area contributed by atoms with Crippen LogP contribution in [0, 0.1) is 0 Å². The van der Waals surface area contributed by atoms with E-state index in [0.29, 0.717) is 22.3 Å². The maximum Gasteiger partial charge on any atom is 0.337 e. The first kappa shape index (κ1) is 13.0. The minimum absolute atomic E-state index is 0.363. The molecule has 1 aromatic carbocycles. The fourth-order valence-corrected chi connectivity index (χ4v) is 1.82. The predicted molar refractivity (Wildman–Crippen MR) is 67.3 cm³/mol. The Hall–Kier alpha value is -1.07. The van der Waals surface area contributed by atoms with E-state index in [-0.39, 0.29) is 5.97 Å². The third kappa shape index (κ3) is 2.96. The van der Waals surface area contributed by atoms with Crippen LogP contribution in [-0.4, -0.2) is 19.6 Å². The van der Waals surface area contributed by atoms with Crippen LogP contribution >= 0.6 is 15.9 Å². The quantitative estimate of drug-likeness (QED) is 0.656. The van der Waals surface area contributed by atoms with Gasteiger partial charge in [-0.1, -0.05) is 6.92 Å². The highest BCUT2D eigenvalue weighted by Gasteiger charge is 2.11. The SMILES string of the molecule is CCNCc1cc(C(=O)OC)cc(Br)c1N. The number of hydrogen-bond acceptors (Lipinski definition) is 4. The summed E-state index contributed by atoms with van der Waals surface area (Å²) >= 11 is 3.33. The van der Waals surface area contributed by atoms with Gasteiger partial charge < -0.3 is 15.8 Å². The van der Waals surface area contributed by atoms with E-state index < -0.39 is 0 Å². The second-order valence-corrected chi connectivity index (χ2v) is 4.16. The molecule has 0 aliphatic heterocycles. The summed E-state index contributed by atoms with van der Waals surface area (Å²) in [7, 11) is 1.36. The van der Waals surface area contributed by atoms with E-state index in [9.17, 15) is 4.79 Å². The number of anilines is 1. The molecule has 16 heavy (non-hydrogen) atoms. The number of nitrogens with two attached hydrogens (primary N) is 1. The van der Waals surface area contributed by atoms with Gasteiger partial charge in [-0.15, -0.1) is 0 Å². The Morgan fingerprint density at radius 2 is 2.25 bits per heavy atom. The molecule has 4 nitrogen and oxygen atoms in total. The van der Waals surface area contributed by atoms with Crippen molar-refractivity contribution in [3.8, 4) is 0 Å². The zero-order valence-electron chi connectivity index (χ0n) is 9.34. The highest BCUT2D eigenvalue weighted by atomic mass is 79.9. The molecule has 0 saturated heterocycles. The van der Waals surface area contributed by atoms with Crippen LogP contribution in [0.15, 0.2) is 16.6 Å². The molecule has 0 spiro atoms. The Labute approximate surface area is 103 Å². The van der Waals surface area contributed by atoms with Crippen molar-refractivity contribution >= 4 is 27.6 Å². The number of carbonyl (C=O) groups is 1. The van der Waals surface area contributed by atoms with Gasteiger partial charge in [-0.2, -0.15) is 0 Å². The van der Waals surface area contributed by atoms with E-state index in [1.165, 1.54) is 7.11 Å². The standard InChI is InChI=1S/C11H15BrN2O2/c1-3-14-6-8-4-7(11(15)16-2)5-9(12)10(8)13/h4-5,14H,3,6,13H2,1-2H3. The van der Waals surface area contributed by atoms with E-state index in [1.54, 1.807) is 12.1 Å². The average molecular weight is 287 g/mol. The first-order chi connectivity index (χ1) is 7.60. The highest BCUT2D eigenvalue weighted by molar-refractivity contribution is 9.10. The Kier molecular flexibility index (Phi) is 4.76. The maximum atomic E-state index is 11.4. The number of benzene rings is 1. The predicted octanol–water partition coefficient (Wildman–Crippen LogP) is 1.93. The number of carbonyl (C=O) groups excluding carboxylic acids is 1. The smallest absolute Gasteiger partial charge is 0.337 e. The van der Waals surface area contributed by atoms with E-state index in [1.807, 2.05) is 6.92 Å². The minimum Gasteiger partial charge on any atom is -0.465 e. The fraction of sp³-hybridized carbons (Fsp3) is 0.364. The third-order valence-electron chi connectivity index (χ3n) is 2.20. The van der Waals surface area contributed by atoms with Crippen molar-refractivity contribution in [2.45, 2.75) is 13.5 Å². The van der Waals surface area contributed by atoms with Gasteiger partial charge in [-0.25, -0.2) is 4.79 Å². The van der Waals surface area contributed by atoms with Crippen molar-refractivity contribution in [2.75, 3.05) is 19.4 Å². The van der Waals surface area contributed by atoms with Crippen molar-refractivity contribution in [2.24, 2.45) is 0 Å². The lowest BCUT2D eigenvalue weighted by Gasteiger charge is -2.10. The van der Waals surface area contributed by atoms with Gasteiger partial charge in [0.25, 0.3) is 0 Å². The summed E-state index contributed by atoms with van der Waals surface area (Å²) in [5.41, 5.74) is 7.92. The number of nitrogens with one attached hydrogen (secondary N) is 1. The molecule has 0 aromatic heterocycles. The molecule has 0 bridgehead atoms. The molecule has 0 aliphatic carbocycles. The largest absolute Gasteiger partial charge is 0.465 e. The lowest BCUT2D eigenvalue weighted by molar-refractivity contribution is 0.0600. The van der Waals surface area contributed by atoms with Crippen LogP contribution in [0.25, 0.3) is 0 Å². The van der Waals surface area contributed by atoms with Crippen LogP contribution in [0.2, 0.25) is 0 Å². The molecule has 0 unspecified atom stereocenters. The lowest BCUT2D eigenvalue weighted by Crippen LogP contribution is -2.14. The van der Waals surface area contributed by atoms with Gasteiger partial charge in [0.2, 0.25) is 0 Å². The Balaban J connectivity index is 3.06. The second-order valence-electron chi connectivity index (χ2n) is 3.30. The molecule has 5 heteroatoms. The number of esters is 1. The molecular formula is C11H15BrN2O2. The van der Waals surface area contributed by atoms with E-state index in [0.717, 1.165) is 12.1 Å². The number of nitrogen functional groups attached to an aromatic ring is 1. The second kappa shape index (κ2) is 5.86. The van der Waals surface area contributed by atoms with Crippen molar-refractivity contribution in [1.29, 1.82) is 0 Å². The monoisotopic (exact) mass is 286 g/mol. The number of halogens is 1. The van der Waals surface area contributed by atoms with E-state index in [2.05, 4.69) is 26.0 Å². The van der Waals surface area contributed by atoms with Gasteiger partial charge in [-0.05, 0) is 40.2 Å². The number of hydrogen-bond donors (Lipinski definition) is 2. The first-order valence-electron chi connectivity index (χ1n) is 4.97. The van der Waals surface area contributed by atoms with Crippen molar-refractivity contribution < 1.29 is 9.53 Å². The molecule has 1 aromatic rings. The van der Waals surface area contributed by atoms with Gasteiger partial charge in [0.15, 0.2) is 0 Å². The molecule has 1 rings (SSSR count). The summed E-state index contributed by atoms with van der Waals surface area (Å²) in [4.78, 5) is 11.4. The summed E-state index contributed by atoms with van der Waals surface area (Å²) in [6.45, 7) is 3.49. The molecule has 3 N–H and O–H groups in total. The van der Waals surface area contributed by atoms with Crippen LogP contribution in [0.3, 0.4) is 0 Å². The normalized spacial score (nSPS) is 10.2. The first-order valence-corrected chi connectivity index (χ1v) is 5.76. The van der Waals surface area contributed by atoms with E-state index in [4.69, 9.17) is 5.73 Å². The zero-order chi connectivity index (χ0) is 12.1. The van der Waals surface area contributed by atoms with Crippen molar-refractivity contribution in [3.05, 3.63) is 27.7 Å². The molecule has 0 amide bonds. The van der Waals surface area contributed by atoms with Crippen LogP contribution in [-0.2, 0) is 11.3 Å². The summed E-state index contributed by atoms with van der Waals surface area (Å²) in [5.74, 6) is -0.363. The Morgan fingerprint density at radius 1 is 1.56 bits per heavy atom. The summed E-state index contributed by atoms with van der Waals surface area (Å²) in [6, 6.07) is 3.41. The van der Waals surface area contributed by atoms with Crippen LogP contribution < -0.4 is 11.1 Å². The molecule has 88 valence electrons. The molecule has 0 heterocycles. The van der Waals surface area contributed by atoms with Crippen molar-refractivity contribution in [3.63, 3.8) is 0 Å². The van der Waals surface area contributed by atoms with Gasteiger partial charge >= 0.3 is 5.97 Å². The minimum atomic E-state index is -0.363. The summed E-state index contributed by atoms with van der Waals surface area (Å²) in [5, 5.41) is 3.16. The van der Waals surface area contributed by atoms with Crippen LogP contribution in [0.5, 0.6) is 0 Å². The molecular weight excluding hydrogens is 272 g/mol. The van der Waals surface area contributed by atoms with Gasteiger partial charge in [0.1, 0.15) is 0 Å². The van der Waals surface area contributed by atoms with Gasteiger partial charge in [-0.3, -0.25) is 0 Å². The number of ether oxygens (including phenoxy) is 1. The average Bonchev–Trinajstić information content (AvgIpc) is 2.29. The summed E-state index contributed by atoms with van der Waals surface area (Å²) < 4.78 is 5.38. The highest BCUT2D eigenvalue weighted by Crippen LogP contribution is 2.25. The van der Waals surface area contributed by atoms with Crippen LogP contribution in [0.1, 0.15) is 22.8 Å². The van der Waals surface area contributed by atoms with Gasteiger partial charge in [0, 0.05) is 11.0 Å². The third-order valence-corrected chi connectivity index (χ3v) is 2.86. The van der Waals surface area contributed by atoms with Gasteiger partial charge in [0.05, 0.1) is 18.4 Å². The number of methoxy groups -OCH3 is 1. The molecule has 0 radical (unpaired) electrons. The fourth-order valence-electron chi connectivity index (χ4n) is 1.32. The Bertz CT molecular complexity index is 394. The summed E-state index contributed by atoms with van der Waals surface area (Å²) in [6.07, 6.45) is 0. The maximum absolute atomic E-state index is 11.4. The van der Waals surface area contributed by atoms with Crippen molar-refractivity contribution in [1.82, 2.24) is 5.32 Å². The molecule has 0 fully saturated rings. The Morgan fingerprint density at radius 3 is 2.81 bits per heavy atom. The van der Waals surface area contributed by atoms with E-state index >= 15 is 0 Å². The topological polar surface area (TPSA) is 64.3 Å².